The molecule has 5 heteroatoms. The average molecular weight is 289 g/mol. The SMILES string of the molecule is COc1cc(C(=O)N2CCc3ccccc32)cc(Cl)n1. The van der Waals surface area contributed by atoms with Gasteiger partial charge in [-0.15, -0.1) is 0 Å². The number of fused-ring (bicyclic) bond motifs is 1. The van der Waals surface area contributed by atoms with Gasteiger partial charge in [0.1, 0.15) is 5.15 Å². The number of hydrogen-bond acceptors (Lipinski definition) is 3. The highest BCUT2D eigenvalue weighted by molar-refractivity contribution is 6.30. The van der Waals surface area contributed by atoms with E-state index in [1.165, 1.54) is 12.7 Å². The van der Waals surface area contributed by atoms with Crippen LogP contribution in [0.5, 0.6) is 5.88 Å². The number of anilines is 1. The first-order valence-corrected chi connectivity index (χ1v) is 6.68. The first-order chi connectivity index (χ1) is 9.69. The predicted molar refractivity (Wildman–Crippen MR) is 77.6 cm³/mol. The summed E-state index contributed by atoms with van der Waals surface area (Å²) in [6.45, 7) is 0.681. The molecule has 0 unspecified atom stereocenters. The summed E-state index contributed by atoms with van der Waals surface area (Å²) in [5.74, 6) is 0.255. The maximum atomic E-state index is 12.6. The molecule has 0 fully saturated rings. The lowest BCUT2D eigenvalue weighted by Gasteiger charge is -2.17. The van der Waals surface area contributed by atoms with Crippen molar-refractivity contribution in [2.24, 2.45) is 0 Å². The highest BCUT2D eigenvalue weighted by atomic mass is 35.5. The van der Waals surface area contributed by atoms with Crippen LogP contribution in [-0.2, 0) is 6.42 Å². The van der Waals surface area contributed by atoms with Crippen molar-refractivity contribution in [3.8, 4) is 5.88 Å². The van der Waals surface area contributed by atoms with Crippen molar-refractivity contribution < 1.29 is 9.53 Å². The van der Waals surface area contributed by atoms with Gasteiger partial charge in [-0.05, 0) is 24.1 Å². The summed E-state index contributed by atoms with van der Waals surface area (Å²) in [5, 5.41) is 0.250. The molecule has 1 aliphatic rings. The Morgan fingerprint density at radius 3 is 2.95 bits per heavy atom. The Morgan fingerprint density at radius 1 is 1.35 bits per heavy atom. The van der Waals surface area contributed by atoms with Crippen molar-refractivity contribution in [3.63, 3.8) is 0 Å². The number of ether oxygens (including phenoxy) is 1. The summed E-state index contributed by atoms with van der Waals surface area (Å²) >= 11 is 5.92. The lowest BCUT2D eigenvalue weighted by atomic mass is 10.2. The summed E-state index contributed by atoms with van der Waals surface area (Å²) in [6.07, 6.45) is 0.873. The van der Waals surface area contributed by atoms with Crippen LogP contribution in [0.3, 0.4) is 0 Å². The van der Waals surface area contributed by atoms with Gasteiger partial charge in [0, 0.05) is 23.9 Å². The minimum atomic E-state index is -0.0856. The Balaban J connectivity index is 1.96. The normalized spacial score (nSPS) is 13.2. The molecule has 0 N–H and O–H groups in total. The Labute approximate surface area is 122 Å². The molecule has 1 amide bonds. The maximum Gasteiger partial charge on any atom is 0.258 e. The number of amides is 1. The second-order valence-electron chi connectivity index (χ2n) is 4.56. The first kappa shape index (κ1) is 12.9. The topological polar surface area (TPSA) is 42.4 Å². The summed E-state index contributed by atoms with van der Waals surface area (Å²) < 4.78 is 5.05. The van der Waals surface area contributed by atoms with E-state index in [1.807, 2.05) is 24.3 Å². The number of benzene rings is 1. The number of halogens is 1. The third-order valence-corrected chi connectivity index (χ3v) is 3.55. The van der Waals surface area contributed by atoms with E-state index >= 15 is 0 Å². The van der Waals surface area contributed by atoms with Crippen molar-refractivity contribution in [3.05, 3.63) is 52.7 Å². The number of rotatable bonds is 2. The number of hydrogen-bond donors (Lipinski definition) is 0. The molecular weight excluding hydrogens is 276 g/mol. The summed E-state index contributed by atoms with van der Waals surface area (Å²) in [4.78, 5) is 18.4. The van der Waals surface area contributed by atoms with E-state index in [0.29, 0.717) is 18.0 Å². The van der Waals surface area contributed by atoms with Crippen molar-refractivity contribution >= 4 is 23.2 Å². The number of methoxy groups -OCH3 is 1. The van der Waals surface area contributed by atoms with Crippen molar-refractivity contribution in [1.29, 1.82) is 0 Å². The highest BCUT2D eigenvalue weighted by Gasteiger charge is 2.25. The van der Waals surface area contributed by atoms with Gasteiger partial charge in [0.25, 0.3) is 5.91 Å². The van der Waals surface area contributed by atoms with Gasteiger partial charge < -0.3 is 9.64 Å². The van der Waals surface area contributed by atoms with Crippen LogP contribution in [0.25, 0.3) is 0 Å². The molecule has 2 aromatic rings. The minimum Gasteiger partial charge on any atom is -0.481 e. The van der Waals surface area contributed by atoms with E-state index in [0.717, 1.165) is 12.1 Å². The number of carbonyl (C=O) groups excluding carboxylic acids is 1. The Kier molecular flexibility index (Phi) is 3.32. The molecule has 1 aromatic heterocycles. The zero-order valence-electron chi connectivity index (χ0n) is 11.0. The van der Waals surface area contributed by atoms with Gasteiger partial charge in [0.15, 0.2) is 0 Å². The lowest BCUT2D eigenvalue weighted by Crippen LogP contribution is -2.28. The number of para-hydroxylation sites is 1. The Bertz CT molecular complexity index is 673. The van der Waals surface area contributed by atoms with E-state index in [4.69, 9.17) is 16.3 Å². The molecule has 0 saturated heterocycles. The molecule has 1 aromatic carbocycles. The second kappa shape index (κ2) is 5.13. The van der Waals surface area contributed by atoms with Crippen molar-refractivity contribution in [2.45, 2.75) is 6.42 Å². The largest absolute Gasteiger partial charge is 0.481 e. The standard InChI is InChI=1S/C15H13ClN2O2/c1-20-14-9-11(8-13(16)17-14)15(19)18-7-6-10-4-2-3-5-12(10)18/h2-5,8-9H,6-7H2,1H3. The molecule has 3 rings (SSSR count). The molecule has 20 heavy (non-hydrogen) atoms. The van der Waals surface area contributed by atoms with Crippen LogP contribution in [0.4, 0.5) is 5.69 Å². The predicted octanol–water partition coefficient (Wildman–Crippen LogP) is 2.95. The summed E-state index contributed by atoms with van der Waals surface area (Å²) in [5.41, 5.74) is 2.64. The van der Waals surface area contributed by atoms with Crippen molar-refractivity contribution in [2.75, 3.05) is 18.6 Å². The van der Waals surface area contributed by atoms with Crippen LogP contribution in [-0.4, -0.2) is 24.5 Å². The van der Waals surface area contributed by atoms with Crippen LogP contribution >= 0.6 is 11.6 Å². The van der Waals surface area contributed by atoms with Crippen LogP contribution < -0.4 is 9.64 Å². The maximum absolute atomic E-state index is 12.6. The Hall–Kier alpha value is -2.07. The molecule has 0 aliphatic carbocycles. The quantitative estimate of drug-likeness (QED) is 0.798. The fourth-order valence-corrected chi connectivity index (χ4v) is 2.61. The molecule has 0 saturated carbocycles. The number of nitrogens with zero attached hydrogens (tertiary/aromatic N) is 2. The zero-order chi connectivity index (χ0) is 14.1. The number of carbonyl (C=O) groups is 1. The molecule has 0 atom stereocenters. The smallest absolute Gasteiger partial charge is 0.258 e. The Morgan fingerprint density at radius 2 is 2.15 bits per heavy atom. The highest BCUT2D eigenvalue weighted by Crippen LogP contribution is 2.29. The van der Waals surface area contributed by atoms with E-state index in [9.17, 15) is 4.79 Å². The van der Waals surface area contributed by atoms with E-state index < -0.39 is 0 Å². The second-order valence-corrected chi connectivity index (χ2v) is 4.94. The van der Waals surface area contributed by atoms with Crippen LogP contribution in [0.15, 0.2) is 36.4 Å². The van der Waals surface area contributed by atoms with Gasteiger partial charge >= 0.3 is 0 Å². The summed E-state index contributed by atoms with van der Waals surface area (Å²) in [7, 11) is 1.50. The number of pyridine rings is 1. The monoisotopic (exact) mass is 288 g/mol. The molecular formula is C15H13ClN2O2. The van der Waals surface area contributed by atoms with Crippen LogP contribution in [0, 0.1) is 0 Å². The zero-order valence-corrected chi connectivity index (χ0v) is 11.7. The van der Waals surface area contributed by atoms with Crippen molar-refractivity contribution in [1.82, 2.24) is 4.98 Å². The van der Waals surface area contributed by atoms with E-state index in [1.54, 1.807) is 17.0 Å². The van der Waals surface area contributed by atoms with Gasteiger partial charge in [-0.2, -0.15) is 0 Å². The minimum absolute atomic E-state index is 0.0856. The van der Waals surface area contributed by atoms with Crippen LogP contribution in [0.1, 0.15) is 15.9 Å². The molecule has 0 spiro atoms. The molecule has 0 radical (unpaired) electrons. The fourth-order valence-electron chi connectivity index (χ4n) is 2.41. The molecule has 102 valence electrons. The van der Waals surface area contributed by atoms with Gasteiger partial charge in [0.05, 0.1) is 7.11 Å². The molecule has 0 bridgehead atoms. The first-order valence-electron chi connectivity index (χ1n) is 6.30. The van der Waals surface area contributed by atoms with Gasteiger partial charge in [0.2, 0.25) is 5.88 Å². The summed E-state index contributed by atoms with van der Waals surface area (Å²) in [6, 6.07) is 11.1. The lowest BCUT2D eigenvalue weighted by molar-refractivity contribution is 0.0989. The molecule has 4 nitrogen and oxygen atoms in total. The third kappa shape index (κ3) is 2.23. The average Bonchev–Trinajstić information content (AvgIpc) is 2.89. The number of aromatic nitrogens is 1. The van der Waals surface area contributed by atoms with Gasteiger partial charge in [-0.1, -0.05) is 29.8 Å². The third-order valence-electron chi connectivity index (χ3n) is 3.36. The molecule has 2 heterocycles. The molecule has 1 aliphatic heterocycles. The fraction of sp³-hybridized carbons (Fsp3) is 0.200. The van der Waals surface area contributed by atoms with Crippen LogP contribution in [0.2, 0.25) is 5.15 Å². The van der Waals surface area contributed by atoms with E-state index in [2.05, 4.69) is 4.98 Å². The van der Waals surface area contributed by atoms with E-state index in [-0.39, 0.29) is 11.1 Å². The van der Waals surface area contributed by atoms with Gasteiger partial charge in [-0.25, -0.2) is 4.98 Å². The van der Waals surface area contributed by atoms with Gasteiger partial charge in [-0.3, -0.25) is 4.79 Å².